The number of piperazine rings is 1. The predicted molar refractivity (Wildman–Crippen MR) is 99.4 cm³/mol. The molecule has 26 heavy (non-hydrogen) atoms. The maximum absolute atomic E-state index is 12.6. The van der Waals surface area contributed by atoms with Crippen molar-refractivity contribution in [3.05, 3.63) is 28.9 Å². The third-order valence-corrected chi connectivity index (χ3v) is 4.65. The molecule has 1 fully saturated rings. The topological polar surface area (TPSA) is 87.4 Å². The zero-order valence-corrected chi connectivity index (χ0v) is 15.9. The highest BCUT2D eigenvalue weighted by atomic mass is 16.5. The standard InChI is InChI=1S/C18H26N6O2/c1-5-19-16-11-17(21-14(4)20-16)23-6-8-24(9-7-23)18(25)10-15-12(2)22-26-13(15)3/h11H,5-10H2,1-4H3,(H,19,20,21). The number of aromatic nitrogens is 3. The average molecular weight is 358 g/mol. The smallest absolute Gasteiger partial charge is 0.227 e. The van der Waals surface area contributed by atoms with Crippen molar-refractivity contribution in [2.75, 3.05) is 42.9 Å². The van der Waals surface area contributed by atoms with Crippen molar-refractivity contribution >= 4 is 17.5 Å². The van der Waals surface area contributed by atoms with Crippen molar-refractivity contribution in [1.82, 2.24) is 20.0 Å². The van der Waals surface area contributed by atoms with Gasteiger partial charge in [-0.3, -0.25) is 4.79 Å². The van der Waals surface area contributed by atoms with Gasteiger partial charge in [-0.1, -0.05) is 5.16 Å². The molecule has 0 bridgehead atoms. The molecular weight excluding hydrogens is 332 g/mol. The normalized spacial score (nSPS) is 14.6. The monoisotopic (exact) mass is 358 g/mol. The molecule has 0 atom stereocenters. The van der Waals surface area contributed by atoms with Crippen molar-refractivity contribution in [3.63, 3.8) is 0 Å². The number of nitrogens with one attached hydrogen (secondary N) is 1. The van der Waals surface area contributed by atoms with Crippen LogP contribution in [0.4, 0.5) is 11.6 Å². The molecule has 3 heterocycles. The fourth-order valence-electron chi connectivity index (χ4n) is 3.19. The molecule has 140 valence electrons. The number of hydrogen-bond acceptors (Lipinski definition) is 7. The van der Waals surface area contributed by atoms with Crippen LogP contribution in [0.5, 0.6) is 0 Å². The van der Waals surface area contributed by atoms with E-state index in [2.05, 4.69) is 25.3 Å². The fraction of sp³-hybridized carbons (Fsp3) is 0.556. The number of hydrogen-bond donors (Lipinski definition) is 1. The van der Waals surface area contributed by atoms with Crippen LogP contribution in [-0.4, -0.2) is 58.7 Å². The largest absolute Gasteiger partial charge is 0.370 e. The lowest BCUT2D eigenvalue weighted by molar-refractivity contribution is -0.130. The zero-order chi connectivity index (χ0) is 18.7. The van der Waals surface area contributed by atoms with Gasteiger partial charge in [0.25, 0.3) is 0 Å². The Hall–Kier alpha value is -2.64. The van der Waals surface area contributed by atoms with Crippen LogP contribution < -0.4 is 10.2 Å². The van der Waals surface area contributed by atoms with Crippen LogP contribution in [0.25, 0.3) is 0 Å². The van der Waals surface area contributed by atoms with Crippen LogP contribution in [0.3, 0.4) is 0 Å². The van der Waals surface area contributed by atoms with Gasteiger partial charge in [0.05, 0.1) is 12.1 Å². The molecule has 1 N–H and O–H groups in total. The first-order valence-corrected chi connectivity index (χ1v) is 9.02. The minimum Gasteiger partial charge on any atom is -0.370 e. The Morgan fingerprint density at radius 2 is 1.92 bits per heavy atom. The van der Waals surface area contributed by atoms with Crippen molar-refractivity contribution in [1.29, 1.82) is 0 Å². The maximum Gasteiger partial charge on any atom is 0.227 e. The van der Waals surface area contributed by atoms with Gasteiger partial charge in [-0.15, -0.1) is 0 Å². The van der Waals surface area contributed by atoms with E-state index >= 15 is 0 Å². The number of anilines is 2. The summed E-state index contributed by atoms with van der Waals surface area (Å²) in [6, 6.07) is 1.97. The number of amides is 1. The van der Waals surface area contributed by atoms with E-state index in [9.17, 15) is 4.79 Å². The molecule has 0 saturated carbocycles. The van der Waals surface area contributed by atoms with Gasteiger partial charge in [0.1, 0.15) is 23.2 Å². The molecular formula is C18H26N6O2. The van der Waals surface area contributed by atoms with Gasteiger partial charge in [0, 0.05) is 44.4 Å². The first-order valence-electron chi connectivity index (χ1n) is 9.02. The van der Waals surface area contributed by atoms with Crippen LogP contribution in [0.15, 0.2) is 10.6 Å². The summed E-state index contributed by atoms with van der Waals surface area (Å²) < 4.78 is 5.15. The minimum absolute atomic E-state index is 0.117. The Morgan fingerprint density at radius 3 is 2.54 bits per heavy atom. The Morgan fingerprint density at radius 1 is 1.19 bits per heavy atom. The van der Waals surface area contributed by atoms with Crippen molar-refractivity contribution in [3.8, 4) is 0 Å². The average Bonchev–Trinajstić information content (AvgIpc) is 2.93. The molecule has 8 nitrogen and oxygen atoms in total. The highest BCUT2D eigenvalue weighted by Gasteiger charge is 2.24. The van der Waals surface area contributed by atoms with Crippen LogP contribution >= 0.6 is 0 Å². The van der Waals surface area contributed by atoms with Gasteiger partial charge in [-0.05, 0) is 27.7 Å². The van der Waals surface area contributed by atoms with Gasteiger partial charge in [-0.25, -0.2) is 9.97 Å². The molecule has 3 rings (SSSR count). The van der Waals surface area contributed by atoms with Gasteiger partial charge in [-0.2, -0.15) is 0 Å². The summed E-state index contributed by atoms with van der Waals surface area (Å²) in [5, 5.41) is 7.16. The first-order chi connectivity index (χ1) is 12.5. The molecule has 1 saturated heterocycles. The van der Waals surface area contributed by atoms with Crippen molar-refractivity contribution < 1.29 is 9.32 Å². The highest BCUT2D eigenvalue weighted by Crippen LogP contribution is 2.19. The second kappa shape index (κ2) is 7.72. The van der Waals surface area contributed by atoms with Gasteiger partial charge >= 0.3 is 0 Å². The molecule has 0 spiro atoms. The number of carbonyl (C=O) groups is 1. The number of nitrogens with zero attached hydrogens (tertiary/aromatic N) is 5. The van der Waals surface area contributed by atoms with Crippen LogP contribution in [0.1, 0.15) is 29.8 Å². The van der Waals surface area contributed by atoms with Crippen molar-refractivity contribution in [2.24, 2.45) is 0 Å². The quantitative estimate of drug-likeness (QED) is 0.870. The Labute approximate surface area is 153 Å². The van der Waals surface area contributed by atoms with Crippen LogP contribution in [-0.2, 0) is 11.2 Å². The molecule has 8 heteroatoms. The van der Waals surface area contributed by atoms with E-state index in [0.29, 0.717) is 19.5 Å². The third-order valence-electron chi connectivity index (χ3n) is 4.65. The Bertz CT molecular complexity index is 760. The van der Waals surface area contributed by atoms with Gasteiger partial charge in [0.15, 0.2) is 0 Å². The molecule has 0 unspecified atom stereocenters. The summed E-state index contributed by atoms with van der Waals surface area (Å²) in [6.07, 6.45) is 0.346. The Kier molecular flexibility index (Phi) is 5.39. The molecule has 0 aliphatic carbocycles. The van der Waals surface area contributed by atoms with E-state index in [0.717, 1.165) is 54.1 Å². The first kappa shape index (κ1) is 18.2. The number of aryl methyl sites for hydroxylation is 3. The lowest BCUT2D eigenvalue weighted by Gasteiger charge is -2.35. The molecule has 2 aromatic rings. The molecule has 2 aromatic heterocycles. The lowest BCUT2D eigenvalue weighted by Crippen LogP contribution is -2.49. The zero-order valence-electron chi connectivity index (χ0n) is 15.9. The van der Waals surface area contributed by atoms with E-state index in [-0.39, 0.29) is 5.91 Å². The van der Waals surface area contributed by atoms with E-state index in [1.54, 1.807) is 0 Å². The summed E-state index contributed by atoms with van der Waals surface area (Å²) in [4.78, 5) is 25.7. The summed E-state index contributed by atoms with van der Waals surface area (Å²) in [5.74, 6) is 3.33. The Balaban J connectivity index is 1.61. The van der Waals surface area contributed by atoms with Crippen LogP contribution in [0, 0.1) is 20.8 Å². The minimum atomic E-state index is 0.117. The van der Waals surface area contributed by atoms with Gasteiger partial charge in [0.2, 0.25) is 5.91 Å². The number of rotatable bonds is 5. The van der Waals surface area contributed by atoms with Crippen LogP contribution in [0.2, 0.25) is 0 Å². The summed E-state index contributed by atoms with van der Waals surface area (Å²) >= 11 is 0. The van der Waals surface area contributed by atoms with Crippen molar-refractivity contribution in [2.45, 2.75) is 34.1 Å². The SMILES string of the molecule is CCNc1cc(N2CCN(C(=O)Cc3c(C)noc3C)CC2)nc(C)n1. The maximum atomic E-state index is 12.6. The highest BCUT2D eigenvalue weighted by molar-refractivity contribution is 5.79. The molecule has 1 aliphatic rings. The molecule has 0 aromatic carbocycles. The second-order valence-corrected chi connectivity index (χ2v) is 6.54. The second-order valence-electron chi connectivity index (χ2n) is 6.54. The van der Waals surface area contributed by atoms with Gasteiger partial charge < -0.3 is 19.6 Å². The summed E-state index contributed by atoms with van der Waals surface area (Å²) in [7, 11) is 0. The molecule has 1 amide bonds. The molecule has 0 radical (unpaired) electrons. The van der Waals surface area contributed by atoms with E-state index in [4.69, 9.17) is 4.52 Å². The lowest BCUT2D eigenvalue weighted by atomic mass is 10.1. The van der Waals surface area contributed by atoms with E-state index < -0.39 is 0 Å². The number of carbonyl (C=O) groups excluding carboxylic acids is 1. The van der Waals surface area contributed by atoms with E-state index in [1.807, 2.05) is 38.7 Å². The predicted octanol–water partition coefficient (Wildman–Crippen LogP) is 1.71. The molecule has 1 aliphatic heterocycles. The third kappa shape index (κ3) is 3.95. The summed E-state index contributed by atoms with van der Waals surface area (Å²) in [5.41, 5.74) is 1.70. The van der Waals surface area contributed by atoms with E-state index in [1.165, 1.54) is 0 Å². The summed E-state index contributed by atoms with van der Waals surface area (Å²) in [6.45, 7) is 11.4. The fourth-order valence-corrected chi connectivity index (χ4v) is 3.19.